The molecule has 0 aromatic heterocycles. The van der Waals surface area contributed by atoms with Crippen LogP contribution < -0.4 is 15.8 Å². The number of carbonyl (C=O) groups excluding carboxylic acids is 2. The molecule has 0 radical (unpaired) electrons. The van der Waals surface area contributed by atoms with Gasteiger partial charge in [-0.1, -0.05) is 36.4 Å². The van der Waals surface area contributed by atoms with E-state index in [1.54, 1.807) is 24.3 Å². The van der Waals surface area contributed by atoms with E-state index in [0.717, 1.165) is 24.8 Å². The molecule has 0 spiro atoms. The van der Waals surface area contributed by atoms with Crippen molar-refractivity contribution < 1.29 is 14.3 Å². The Morgan fingerprint density at radius 2 is 1.88 bits per heavy atom. The van der Waals surface area contributed by atoms with E-state index in [-0.39, 0.29) is 30.9 Å². The fourth-order valence-electron chi connectivity index (χ4n) is 3.19. The summed E-state index contributed by atoms with van der Waals surface area (Å²) < 4.78 is 5.53. The highest BCUT2D eigenvalue weighted by Crippen LogP contribution is 2.29. The van der Waals surface area contributed by atoms with Crippen molar-refractivity contribution >= 4 is 11.8 Å². The molecule has 0 unspecified atom stereocenters. The predicted octanol–water partition coefficient (Wildman–Crippen LogP) is 2.29. The molecule has 25 heavy (non-hydrogen) atoms. The van der Waals surface area contributed by atoms with Crippen LogP contribution in [0, 0.1) is 0 Å². The number of ether oxygens (including phenoxy) is 1. The second kappa shape index (κ2) is 7.83. The SMILES string of the molecule is NC(=O)Cc1ccc(OCC(=O)N[C@@H]2CCCc3ccccc32)cc1. The minimum atomic E-state index is -0.374. The lowest BCUT2D eigenvalue weighted by Crippen LogP contribution is -2.34. The summed E-state index contributed by atoms with van der Waals surface area (Å²) in [6.07, 6.45) is 3.28. The molecule has 5 nitrogen and oxygen atoms in total. The van der Waals surface area contributed by atoms with Crippen molar-refractivity contribution in [2.75, 3.05) is 6.61 Å². The molecule has 0 bridgehead atoms. The van der Waals surface area contributed by atoms with Gasteiger partial charge in [0, 0.05) is 0 Å². The van der Waals surface area contributed by atoms with Crippen LogP contribution in [-0.2, 0) is 22.4 Å². The monoisotopic (exact) mass is 338 g/mol. The zero-order chi connectivity index (χ0) is 17.6. The van der Waals surface area contributed by atoms with Gasteiger partial charge in [-0.25, -0.2) is 0 Å². The molecular weight excluding hydrogens is 316 g/mol. The smallest absolute Gasteiger partial charge is 0.258 e. The van der Waals surface area contributed by atoms with Crippen LogP contribution in [0.4, 0.5) is 0 Å². The lowest BCUT2D eigenvalue weighted by atomic mass is 9.88. The van der Waals surface area contributed by atoms with E-state index < -0.39 is 0 Å². The fourth-order valence-corrected chi connectivity index (χ4v) is 3.19. The molecular formula is C20H22N2O3. The Morgan fingerprint density at radius 1 is 1.12 bits per heavy atom. The number of rotatable bonds is 6. The van der Waals surface area contributed by atoms with Crippen LogP contribution in [0.25, 0.3) is 0 Å². The molecule has 2 amide bonds. The van der Waals surface area contributed by atoms with Gasteiger partial charge in [-0.05, 0) is 48.1 Å². The lowest BCUT2D eigenvalue weighted by Gasteiger charge is -2.26. The van der Waals surface area contributed by atoms with Gasteiger partial charge in [0.05, 0.1) is 12.5 Å². The summed E-state index contributed by atoms with van der Waals surface area (Å²) in [5.41, 5.74) is 8.50. The first-order valence-corrected chi connectivity index (χ1v) is 8.49. The Bertz CT molecular complexity index is 756. The number of fused-ring (bicyclic) bond motifs is 1. The average Bonchev–Trinajstić information content (AvgIpc) is 2.61. The first kappa shape index (κ1) is 17.0. The molecule has 0 saturated heterocycles. The molecule has 5 heteroatoms. The summed E-state index contributed by atoms with van der Waals surface area (Å²) in [6, 6.07) is 15.3. The Labute approximate surface area is 147 Å². The maximum Gasteiger partial charge on any atom is 0.258 e. The molecule has 2 aromatic carbocycles. The van der Waals surface area contributed by atoms with Crippen LogP contribution in [-0.4, -0.2) is 18.4 Å². The van der Waals surface area contributed by atoms with Crippen LogP contribution in [0.3, 0.4) is 0 Å². The number of hydrogen-bond donors (Lipinski definition) is 2. The number of aryl methyl sites for hydroxylation is 1. The van der Waals surface area contributed by atoms with Crippen LogP contribution in [0.15, 0.2) is 48.5 Å². The minimum Gasteiger partial charge on any atom is -0.484 e. The Kier molecular flexibility index (Phi) is 5.33. The third-order valence-corrected chi connectivity index (χ3v) is 4.38. The van der Waals surface area contributed by atoms with Crippen LogP contribution in [0.2, 0.25) is 0 Å². The highest BCUT2D eigenvalue weighted by molar-refractivity contribution is 5.78. The number of primary amides is 1. The molecule has 0 fully saturated rings. The summed E-state index contributed by atoms with van der Waals surface area (Å²) in [5, 5.41) is 3.06. The molecule has 0 heterocycles. The Hall–Kier alpha value is -2.82. The summed E-state index contributed by atoms with van der Waals surface area (Å²) in [5.74, 6) is 0.0798. The van der Waals surface area contributed by atoms with Crippen molar-refractivity contribution in [2.45, 2.75) is 31.7 Å². The van der Waals surface area contributed by atoms with E-state index in [1.165, 1.54) is 11.1 Å². The van der Waals surface area contributed by atoms with Gasteiger partial charge in [0.15, 0.2) is 6.61 Å². The van der Waals surface area contributed by atoms with Gasteiger partial charge in [0.1, 0.15) is 5.75 Å². The fraction of sp³-hybridized carbons (Fsp3) is 0.300. The van der Waals surface area contributed by atoms with Crippen LogP contribution in [0.1, 0.15) is 35.6 Å². The summed E-state index contributed by atoms with van der Waals surface area (Å²) >= 11 is 0. The molecule has 3 N–H and O–H groups in total. The number of hydrogen-bond acceptors (Lipinski definition) is 3. The standard InChI is InChI=1S/C20H22N2O3/c21-19(23)12-14-8-10-16(11-9-14)25-13-20(24)22-18-7-3-5-15-4-1-2-6-17(15)18/h1-2,4,6,8-11,18H,3,5,7,12-13H2,(H2,21,23)(H,22,24)/t18-/m1/s1. The second-order valence-electron chi connectivity index (χ2n) is 6.29. The van der Waals surface area contributed by atoms with Crippen LogP contribution >= 0.6 is 0 Å². The maximum absolute atomic E-state index is 12.2. The summed E-state index contributed by atoms with van der Waals surface area (Å²) in [7, 11) is 0. The average molecular weight is 338 g/mol. The molecule has 1 aliphatic carbocycles. The molecule has 130 valence electrons. The third-order valence-electron chi connectivity index (χ3n) is 4.38. The predicted molar refractivity (Wildman–Crippen MR) is 95.1 cm³/mol. The summed E-state index contributed by atoms with van der Waals surface area (Å²) in [6.45, 7) is -0.0339. The van der Waals surface area contributed by atoms with E-state index in [1.807, 2.05) is 12.1 Å². The van der Waals surface area contributed by atoms with Gasteiger partial charge in [-0.15, -0.1) is 0 Å². The first-order valence-electron chi connectivity index (χ1n) is 8.49. The highest BCUT2D eigenvalue weighted by Gasteiger charge is 2.21. The lowest BCUT2D eigenvalue weighted by molar-refractivity contribution is -0.124. The number of nitrogens with one attached hydrogen (secondary N) is 1. The number of benzene rings is 2. The normalized spacial score (nSPS) is 15.9. The van der Waals surface area contributed by atoms with Crippen molar-refractivity contribution in [3.63, 3.8) is 0 Å². The molecule has 0 aliphatic heterocycles. The zero-order valence-corrected chi connectivity index (χ0v) is 14.0. The van der Waals surface area contributed by atoms with Gasteiger partial charge in [-0.3, -0.25) is 9.59 Å². The molecule has 1 atom stereocenters. The van der Waals surface area contributed by atoms with Crippen molar-refractivity contribution in [3.05, 3.63) is 65.2 Å². The minimum absolute atomic E-state index is 0.0339. The zero-order valence-electron chi connectivity index (χ0n) is 14.0. The number of carbonyl (C=O) groups is 2. The van der Waals surface area contributed by atoms with Crippen LogP contribution in [0.5, 0.6) is 5.75 Å². The quantitative estimate of drug-likeness (QED) is 0.848. The molecule has 2 aromatic rings. The topological polar surface area (TPSA) is 81.4 Å². The largest absolute Gasteiger partial charge is 0.484 e. The molecule has 3 rings (SSSR count). The maximum atomic E-state index is 12.2. The molecule has 0 saturated carbocycles. The van der Waals surface area contributed by atoms with Gasteiger partial charge in [0.2, 0.25) is 5.91 Å². The van der Waals surface area contributed by atoms with Crippen molar-refractivity contribution in [1.29, 1.82) is 0 Å². The Morgan fingerprint density at radius 3 is 2.64 bits per heavy atom. The highest BCUT2D eigenvalue weighted by atomic mass is 16.5. The van der Waals surface area contributed by atoms with E-state index in [2.05, 4.69) is 17.4 Å². The van der Waals surface area contributed by atoms with Gasteiger partial charge < -0.3 is 15.8 Å². The van der Waals surface area contributed by atoms with Gasteiger partial charge >= 0.3 is 0 Å². The summed E-state index contributed by atoms with van der Waals surface area (Å²) in [4.78, 5) is 23.1. The molecule has 1 aliphatic rings. The number of nitrogens with two attached hydrogens (primary N) is 1. The van der Waals surface area contributed by atoms with E-state index in [0.29, 0.717) is 5.75 Å². The van der Waals surface area contributed by atoms with E-state index in [9.17, 15) is 9.59 Å². The second-order valence-corrected chi connectivity index (χ2v) is 6.29. The van der Waals surface area contributed by atoms with Crippen molar-refractivity contribution in [3.8, 4) is 5.75 Å². The van der Waals surface area contributed by atoms with E-state index >= 15 is 0 Å². The third kappa shape index (κ3) is 4.59. The number of amides is 2. The van der Waals surface area contributed by atoms with Gasteiger partial charge in [-0.2, -0.15) is 0 Å². The van der Waals surface area contributed by atoms with Gasteiger partial charge in [0.25, 0.3) is 5.91 Å². The van der Waals surface area contributed by atoms with Crippen molar-refractivity contribution in [1.82, 2.24) is 5.32 Å². The Balaban J connectivity index is 1.53. The van der Waals surface area contributed by atoms with E-state index in [4.69, 9.17) is 10.5 Å². The van der Waals surface area contributed by atoms with Crippen molar-refractivity contribution in [2.24, 2.45) is 5.73 Å². The first-order chi connectivity index (χ1) is 12.1.